The zero-order valence-corrected chi connectivity index (χ0v) is 7.62. The van der Waals surface area contributed by atoms with Crippen molar-refractivity contribution in [1.29, 1.82) is 0 Å². The maximum absolute atomic E-state index is 5.40. The number of hydrogen-bond acceptors (Lipinski definition) is 5. The van der Waals surface area contributed by atoms with E-state index in [2.05, 4.69) is 15.5 Å². The van der Waals surface area contributed by atoms with Crippen LogP contribution in [-0.4, -0.2) is 23.9 Å². The number of nitrogens with zero attached hydrogens (tertiary/aromatic N) is 2. The third kappa shape index (κ3) is 1.87. The molecular weight excluding hydrogens is 170 g/mol. The molecule has 0 bridgehead atoms. The summed E-state index contributed by atoms with van der Waals surface area (Å²) >= 11 is 0. The minimum atomic E-state index is 0.248. The lowest BCUT2D eigenvalue weighted by Crippen LogP contribution is -2.12. The van der Waals surface area contributed by atoms with Crippen LogP contribution in [0.5, 0.6) is 0 Å². The summed E-state index contributed by atoms with van der Waals surface area (Å²) in [6, 6.07) is 0.248. The topological polar surface area (TPSA) is 60.2 Å². The Morgan fingerprint density at radius 3 is 3.23 bits per heavy atom. The van der Waals surface area contributed by atoms with Crippen molar-refractivity contribution in [1.82, 2.24) is 15.5 Å². The molecule has 1 aliphatic heterocycles. The van der Waals surface area contributed by atoms with Gasteiger partial charge in [-0.1, -0.05) is 0 Å². The first-order chi connectivity index (χ1) is 6.40. The molecule has 1 N–H and O–H groups in total. The molecule has 13 heavy (non-hydrogen) atoms. The fourth-order valence-corrected chi connectivity index (χ4v) is 1.48. The van der Waals surface area contributed by atoms with Gasteiger partial charge in [0.2, 0.25) is 11.8 Å². The second-order valence-electron chi connectivity index (χ2n) is 3.12. The Kier molecular flexibility index (Phi) is 2.56. The molecule has 1 unspecified atom stereocenters. The Balaban J connectivity index is 2.03. The molecule has 2 heterocycles. The molecule has 1 aliphatic rings. The van der Waals surface area contributed by atoms with E-state index in [-0.39, 0.29) is 6.04 Å². The van der Waals surface area contributed by atoms with Crippen LogP contribution in [0.2, 0.25) is 0 Å². The van der Waals surface area contributed by atoms with Crippen LogP contribution in [0.25, 0.3) is 0 Å². The summed E-state index contributed by atoms with van der Waals surface area (Å²) in [7, 11) is 1.61. The molecule has 0 radical (unpaired) electrons. The summed E-state index contributed by atoms with van der Waals surface area (Å²) in [5, 5.41) is 11.1. The van der Waals surface area contributed by atoms with Crippen molar-refractivity contribution < 1.29 is 9.15 Å². The van der Waals surface area contributed by atoms with Crippen LogP contribution in [-0.2, 0) is 11.3 Å². The third-order valence-corrected chi connectivity index (χ3v) is 2.11. The lowest BCUT2D eigenvalue weighted by molar-refractivity contribution is 0.157. The molecule has 5 heteroatoms. The predicted octanol–water partition coefficient (Wildman–Crippen LogP) is 0.641. The Labute approximate surface area is 76.5 Å². The van der Waals surface area contributed by atoms with Crippen LogP contribution in [0, 0.1) is 0 Å². The number of nitrogens with one attached hydrogen (secondary N) is 1. The Bertz CT molecular complexity index is 268. The van der Waals surface area contributed by atoms with Crippen LogP contribution >= 0.6 is 0 Å². The molecule has 1 aromatic rings. The molecule has 0 saturated carbocycles. The fraction of sp³-hybridized carbons (Fsp3) is 0.750. The summed E-state index contributed by atoms with van der Waals surface area (Å²) < 4.78 is 10.3. The lowest BCUT2D eigenvalue weighted by atomic mass is 10.2. The Morgan fingerprint density at radius 1 is 1.62 bits per heavy atom. The molecule has 0 spiro atoms. The minimum absolute atomic E-state index is 0.248. The van der Waals surface area contributed by atoms with Gasteiger partial charge in [-0.3, -0.25) is 0 Å². The first-order valence-electron chi connectivity index (χ1n) is 4.45. The van der Waals surface area contributed by atoms with E-state index in [4.69, 9.17) is 9.15 Å². The molecule has 0 amide bonds. The van der Waals surface area contributed by atoms with Crippen LogP contribution in [0.3, 0.4) is 0 Å². The van der Waals surface area contributed by atoms with E-state index >= 15 is 0 Å². The first kappa shape index (κ1) is 8.65. The number of rotatable bonds is 3. The molecule has 0 aromatic carbocycles. The number of hydrogen-bond donors (Lipinski definition) is 1. The first-order valence-corrected chi connectivity index (χ1v) is 4.45. The van der Waals surface area contributed by atoms with Crippen molar-refractivity contribution in [3.8, 4) is 0 Å². The van der Waals surface area contributed by atoms with Gasteiger partial charge in [0.05, 0.1) is 6.04 Å². The molecular formula is C8H13N3O2. The average molecular weight is 183 g/mol. The highest BCUT2D eigenvalue weighted by atomic mass is 16.5. The van der Waals surface area contributed by atoms with Crippen molar-refractivity contribution in [2.75, 3.05) is 13.7 Å². The van der Waals surface area contributed by atoms with Crippen LogP contribution < -0.4 is 5.32 Å². The molecule has 0 aliphatic carbocycles. The van der Waals surface area contributed by atoms with Crippen molar-refractivity contribution in [2.45, 2.75) is 25.5 Å². The molecule has 5 nitrogen and oxygen atoms in total. The van der Waals surface area contributed by atoms with Gasteiger partial charge >= 0.3 is 0 Å². The van der Waals surface area contributed by atoms with Gasteiger partial charge in [-0.15, -0.1) is 10.2 Å². The Morgan fingerprint density at radius 2 is 2.54 bits per heavy atom. The summed E-state index contributed by atoms with van der Waals surface area (Å²) in [4.78, 5) is 0. The number of methoxy groups -OCH3 is 1. The van der Waals surface area contributed by atoms with E-state index < -0.39 is 0 Å². The predicted molar refractivity (Wildman–Crippen MR) is 45.0 cm³/mol. The van der Waals surface area contributed by atoms with Gasteiger partial charge in [0, 0.05) is 7.11 Å². The molecule has 1 fully saturated rings. The van der Waals surface area contributed by atoms with Gasteiger partial charge in [-0.2, -0.15) is 0 Å². The number of ether oxygens (including phenoxy) is 1. The molecule has 72 valence electrons. The summed E-state index contributed by atoms with van der Waals surface area (Å²) in [6.07, 6.45) is 2.25. The Hall–Kier alpha value is -0.940. The largest absolute Gasteiger partial charge is 0.421 e. The maximum Gasteiger partial charge on any atom is 0.242 e. The van der Waals surface area contributed by atoms with Gasteiger partial charge in [-0.25, -0.2) is 0 Å². The van der Waals surface area contributed by atoms with E-state index in [1.54, 1.807) is 7.11 Å². The summed E-state index contributed by atoms with van der Waals surface area (Å²) in [6.45, 7) is 1.42. The number of aromatic nitrogens is 2. The van der Waals surface area contributed by atoms with Gasteiger partial charge in [0.1, 0.15) is 6.61 Å². The van der Waals surface area contributed by atoms with Gasteiger partial charge < -0.3 is 14.5 Å². The fourth-order valence-electron chi connectivity index (χ4n) is 1.48. The quantitative estimate of drug-likeness (QED) is 0.745. The summed E-state index contributed by atoms with van der Waals surface area (Å²) in [5.41, 5.74) is 0. The molecule has 1 aromatic heterocycles. The highest BCUT2D eigenvalue weighted by Crippen LogP contribution is 2.21. The van der Waals surface area contributed by atoms with Gasteiger partial charge in [-0.05, 0) is 19.4 Å². The zero-order chi connectivity index (χ0) is 9.10. The van der Waals surface area contributed by atoms with Crippen molar-refractivity contribution in [3.05, 3.63) is 11.8 Å². The van der Waals surface area contributed by atoms with E-state index in [0.29, 0.717) is 18.4 Å². The van der Waals surface area contributed by atoms with E-state index in [9.17, 15) is 0 Å². The summed E-state index contributed by atoms with van der Waals surface area (Å²) in [5.74, 6) is 1.23. The van der Waals surface area contributed by atoms with Crippen LogP contribution in [0.1, 0.15) is 30.7 Å². The molecule has 2 rings (SSSR count). The van der Waals surface area contributed by atoms with E-state index in [1.807, 2.05) is 0 Å². The highest BCUT2D eigenvalue weighted by molar-refractivity contribution is 4.92. The SMILES string of the molecule is COCc1nnc(C2CCCN2)o1. The lowest BCUT2D eigenvalue weighted by Gasteiger charge is -2.01. The van der Waals surface area contributed by atoms with Gasteiger partial charge in [0.25, 0.3) is 0 Å². The average Bonchev–Trinajstić information content (AvgIpc) is 2.70. The molecule has 1 atom stereocenters. The second kappa shape index (κ2) is 3.85. The van der Waals surface area contributed by atoms with Crippen molar-refractivity contribution >= 4 is 0 Å². The zero-order valence-electron chi connectivity index (χ0n) is 7.62. The highest BCUT2D eigenvalue weighted by Gasteiger charge is 2.21. The maximum atomic E-state index is 5.40. The van der Waals surface area contributed by atoms with Crippen LogP contribution in [0.4, 0.5) is 0 Å². The van der Waals surface area contributed by atoms with Gasteiger partial charge in [0.15, 0.2) is 0 Å². The smallest absolute Gasteiger partial charge is 0.242 e. The minimum Gasteiger partial charge on any atom is -0.421 e. The normalized spacial score (nSPS) is 22.4. The van der Waals surface area contributed by atoms with E-state index in [1.165, 1.54) is 6.42 Å². The third-order valence-electron chi connectivity index (χ3n) is 2.11. The standard InChI is InChI=1S/C8H13N3O2/c1-12-5-7-10-11-8(13-7)6-3-2-4-9-6/h6,9H,2-5H2,1H3. The van der Waals surface area contributed by atoms with E-state index in [0.717, 1.165) is 13.0 Å². The van der Waals surface area contributed by atoms with Crippen LogP contribution in [0.15, 0.2) is 4.42 Å². The van der Waals surface area contributed by atoms with Crippen molar-refractivity contribution in [3.63, 3.8) is 0 Å². The monoisotopic (exact) mass is 183 g/mol. The van der Waals surface area contributed by atoms with Crippen molar-refractivity contribution in [2.24, 2.45) is 0 Å². The molecule has 1 saturated heterocycles. The second-order valence-corrected chi connectivity index (χ2v) is 3.12.